The second-order valence-electron chi connectivity index (χ2n) is 17.0. The molecule has 0 aliphatic rings. The van der Waals surface area contributed by atoms with E-state index >= 15 is 0 Å². The fourth-order valence-corrected chi connectivity index (χ4v) is 9.35. The van der Waals surface area contributed by atoms with Gasteiger partial charge in [0.2, 0.25) is 11.4 Å². The van der Waals surface area contributed by atoms with Gasteiger partial charge in [-0.3, -0.25) is 0 Å². The lowest BCUT2D eigenvalue weighted by Gasteiger charge is -2.11. The molecular formula is C62H38N4O2. The molecule has 0 spiro atoms. The van der Waals surface area contributed by atoms with Crippen molar-refractivity contribution in [3.63, 3.8) is 0 Å². The summed E-state index contributed by atoms with van der Waals surface area (Å²) >= 11 is 0. The fraction of sp³-hybridized carbons (Fsp3) is 0. The first-order chi connectivity index (χ1) is 33.7. The summed E-state index contributed by atoms with van der Waals surface area (Å²) in [5.74, 6) is 1.22. The summed E-state index contributed by atoms with van der Waals surface area (Å²) in [7, 11) is 0. The van der Waals surface area contributed by atoms with E-state index in [0.717, 1.165) is 111 Å². The van der Waals surface area contributed by atoms with Gasteiger partial charge in [-0.15, -0.1) is 0 Å². The lowest BCUT2D eigenvalue weighted by Crippen LogP contribution is -1.94. The Morgan fingerprint density at radius 1 is 0.235 bits per heavy atom. The maximum Gasteiger partial charge on any atom is 0.231 e. The van der Waals surface area contributed by atoms with Crippen LogP contribution in [-0.4, -0.2) is 19.9 Å². The minimum absolute atomic E-state index is 0.562. The summed E-state index contributed by atoms with van der Waals surface area (Å²) in [6.07, 6.45) is 0. The van der Waals surface area contributed by atoms with E-state index in [0.29, 0.717) is 23.1 Å². The number of rotatable bonds is 8. The summed E-state index contributed by atoms with van der Waals surface area (Å²) in [6.45, 7) is 0. The quantitative estimate of drug-likeness (QED) is 0.151. The van der Waals surface area contributed by atoms with Gasteiger partial charge in [-0.2, -0.15) is 9.97 Å². The molecule has 0 N–H and O–H groups in total. The zero-order chi connectivity index (χ0) is 45.0. The number of para-hydroxylation sites is 2. The number of furan rings is 2. The van der Waals surface area contributed by atoms with Gasteiger partial charge in [0.1, 0.15) is 11.2 Å². The molecule has 0 saturated carbocycles. The Labute approximate surface area is 391 Å². The number of nitrogens with zero attached hydrogens (tertiary/aromatic N) is 4. The van der Waals surface area contributed by atoms with Crippen LogP contribution >= 0.6 is 0 Å². The first kappa shape index (κ1) is 39.1. The fourth-order valence-electron chi connectivity index (χ4n) is 9.35. The molecular weight excluding hydrogens is 833 g/mol. The van der Waals surface area contributed by atoms with Gasteiger partial charge in [0.05, 0.1) is 22.2 Å². The number of aromatic nitrogens is 4. The number of benzene rings is 9. The Morgan fingerprint density at radius 2 is 0.559 bits per heavy atom. The van der Waals surface area contributed by atoms with Crippen LogP contribution in [0.3, 0.4) is 0 Å². The molecule has 0 fully saturated rings. The van der Waals surface area contributed by atoms with Crippen LogP contribution in [0.5, 0.6) is 0 Å². The molecule has 4 heterocycles. The molecule has 6 heteroatoms. The lowest BCUT2D eigenvalue weighted by molar-refractivity contribution is 0.653. The van der Waals surface area contributed by atoms with Gasteiger partial charge in [-0.05, 0) is 68.8 Å². The van der Waals surface area contributed by atoms with Crippen molar-refractivity contribution in [2.75, 3.05) is 0 Å². The van der Waals surface area contributed by atoms with E-state index in [1.807, 2.05) is 48.5 Å². The molecule has 13 aromatic rings. The Morgan fingerprint density at radius 3 is 1.04 bits per heavy atom. The molecule has 0 unspecified atom stereocenters. The normalized spacial score (nSPS) is 11.5. The van der Waals surface area contributed by atoms with Crippen molar-refractivity contribution >= 4 is 44.1 Å². The van der Waals surface area contributed by atoms with Gasteiger partial charge in [-0.25, -0.2) is 9.97 Å². The first-order valence-electron chi connectivity index (χ1n) is 22.7. The molecule has 0 radical (unpaired) electrons. The molecule has 0 bridgehead atoms. The second kappa shape index (κ2) is 16.3. The van der Waals surface area contributed by atoms with Crippen molar-refractivity contribution in [2.45, 2.75) is 0 Å². The van der Waals surface area contributed by atoms with Gasteiger partial charge >= 0.3 is 0 Å². The van der Waals surface area contributed by atoms with Gasteiger partial charge in [0.15, 0.2) is 11.6 Å². The van der Waals surface area contributed by atoms with Crippen LogP contribution in [0.1, 0.15) is 0 Å². The van der Waals surface area contributed by atoms with Crippen molar-refractivity contribution in [2.24, 2.45) is 0 Å². The topological polar surface area (TPSA) is 77.8 Å². The van der Waals surface area contributed by atoms with E-state index in [-0.39, 0.29) is 0 Å². The van der Waals surface area contributed by atoms with E-state index in [1.165, 1.54) is 0 Å². The summed E-state index contributed by atoms with van der Waals surface area (Å²) in [5.41, 5.74) is 17.1. The molecule has 68 heavy (non-hydrogen) atoms. The summed E-state index contributed by atoms with van der Waals surface area (Å²) in [5, 5.41) is 3.77. The summed E-state index contributed by atoms with van der Waals surface area (Å²) in [6, 6.07) is 79.7. The average molecular weight is 871 g/mol. The molecule has 0 aliphatic heterocycles. The minimum atomic E-state index is 0.562. The molecule has 0 aliphatic carbocycles. The van der Waals surface area contributed by atoms with Gasteiger partial charge in [0, 0.05) is 33.0 Å². The van der Waals surface area contributed by atoms with E-state index in [1.54, 1.807) is 0 Å². The van der Waals surface area contributed by atoms with Crippen LogP contribution in [0, 0.1) is 0 Å². The minimum Gasteiger partial charge on any atom is -0.438 e. The van der Waals surface area contributed by atoms with Gasteiger partial charge in [-0.1, -0.05) is 206 Å². The first-order valence-corrected chi connectivity index (χ1v) is 22.7. The summed E-state index contributed by atoms with van der Waals surface area (Å²) in [4.78, 5) is 20.5. The monoisotopic (exact) mass is 870 g/mol. The second-order valence-corrected chi connectivity index (χ2v) is 17.0. The Hall–Kier alpha value is -9.26. The Bertz CT molecular complexity index is 3990. The molecule has 0 saturated heterocycles. The smallest absolute Gasteiger partial charge is 0.231 e. The van der Waals surface area contributed by atoms with Crippen molar-refractivity contribution in [3.8, 4) is 89.8 Å². The highest BCUT2D eigenvalue weighted by molar-refractivity contribution is 6.12. The molecule has 6 nitrogen and oxygen atoms in total. The molecule has 9 aromatic carbocycles. The van der Waals surface area contributed by atoms with E-state index < -0.39 is 0 Å². The molecule has 4 aromatic heterocycles. The van der Waals surface area contributed by atoms with Crippen molar-refractivity contribution in [3.05, 3.63) is 231 Å². The zero-order valence-electron chi connectivity index (χ0n) is 36.5. The molecule has 0 atom stereocenters. The van der Waals surface area contributed by atoms with Crippen LogP contribution < -0.4 is 0 Å². The van der Waals surface area contributed by atoms with Crippen molar-refractivity contribution in [1.29, 1.82) is 0 Å². The van der Waals surface area contributed by atoms with Gasteiger partial charge in [0.25, 0.3) is 0 Å². The van der Waals surface area contributed by atoms with E-state index in [9.17, 15) is 0 Å². The average Bonchev–Trinajstić information content (AvgIpc) is 4.00. The lowest BCUT2D eigenvalue weighted by atomic mass is 9.96. The van der Waals surface area contributed by atoms with Crippen LogP contribution in [0.4, 0.5) is 0 Å². The Kier molecular flexibility index (Phi) is 9.39. The highest BCUT2D eigenvalue weighted by Crippen LogP contribution is 2.40. The predicted molar refractivity (Wildman–Crippen MR) is 276 cm³/mol. The van der Waals surface area contributed by atoms with Crippen LogP contribution in [0.2, 0.25) is 0 Å². The standard InChI is InChI=1S/C62H38N4O2/c1-3-13-39(14-4-1)41-27-33-45(34-28-41)59-63-57(55-51-21-7-9-23-53(51)67-61(55)65-59)44-31-25-43(26-32-44)47-17-11-18-48(37-47)49-19-12-20-50(38-49)58-56-52-22-8-10-24-54(52)68-62(56)66-60(64-58)46-35-29-42(30-36-46)40-15-5-2-6-16-40/h1-38H. The highest BCUT2D eigenvalue weighted by atomic mass is 16.3. The number of hydrogen-bond donors (Lipinski definition) is 0. The largest absolute Gasteiger partial charge is 0.438 e. The molecule has 318 valence electrons. The zero-order valence-corrected chi connectivity index (χ0v) is 36.5. The van der Waals surface area contributed by atoms with Gasteiger partial charge < -0.3 is 8.83 Å². The third-order valence-corrected chi connectivity index (χ3v) is 12.8. The summed E-state index contributed by atoms with van der Waals surface area (Å²) < 4.78 is 12.8. The molecule has 13 rings (SSSR count). The number of hydrogen-bond acceptors (Lipinski definition) is 6. The Balaban J connectivity index is 0.850. The van der Waals surface area contributed by atoms with Crippen LogP contribution in [0.15, 0.2) is 239 Å². The van der Waals surface area contributed by atoms with E-state index in [4.69, 9.17) is 28.8 Å². The predicted octanol–water partition coefficient (Wildman–Crippen LogP) is 16.4. The number of fused-ring (bicyclic) bond motifs is 6. The van der Waals surface area contributed by atoms with Crippen LogP contribution in [0.25, 0.3) is 134 Å². The SMILES string of the molecule is c1ccc(-c2ccc(-c3nc(-c4ccc(-c5cccc(-c6cccc(-c7nc(-c8ccc(-c9ccccc9)cc8)nc8oc9ccccc9c78)c6)c5)cc4)c4c(n3)oc3ccccc34)cc2)cc1. The maximum atomic E-state index is 6.40. The van der Waals surface area contributed by atoms with Crippen molar-refractivity contribution in [1.82, 2.24) is 19.9 Å². The van der Waals surface area contributed by atoms with Crippen molar-refractivity contribution < 1.29 is 8.83 Å². The highest BCUT2D eigenvalue weighted by Gasteiger charge is 2.21. The third-order valence-electron chi connectivity index (χ3n) is 12.8. The third kappa shape index (κ3) is 7.00. The maximum absolute atomic E-state index is 6.40. The molecule has 0 amide bonds. The van der Waals surface area contributed by atoms with E-state index in [2.05, 4.69) is 182 Å². The van der Waals surface area contributed by atoms with Crippen LogP contribution in [-0.2, 0) is 0 Å².